The molecule has 0 bridgehead atoms. The molecule has 4 nitrogen and oxygen atoms in total. The number of carboxylic acid groups (broad SMARTS) is 1. The van der Waals surface area contributed by atoms with Crippen molar-refractivity contribution in [1.29, 1.82) is 0 Å². The Hall–Kier alpha value is -2.10. The van der Waals surface area contributed by atoms with Crippen molar-refractivity contribution in [3.05, 3.63) is 35.5 Å². The number of rotatable bonds is 1. The number of aryl methyl sites for hydroxylation is 1. The third-order valence-electron chi connectivity index (χ3n) is 2.22. The second-order valence-corrected chi connectivity index (χ2v) is 3.31. The van der Waals surface area contributed by atoms with Gasteiger partial charge in [0.1, 0.15) is 11.3 Å². The van der Waals surface area contributed by atoms with Crippen molar-refractivity contribution in [1.82, 2.24) is 4.98 Å². The minimum atomic E-state index is -1.09. The third kappa shape index (κ3) is 1.50. The van der Waals surface area contributed by atoms with Gasteiger partial charge in [-0.05, 0) is 24.6 Å². The summed E-state index contributed by atoms with van der Waals surface area (Å²) in [7, 11) is 0. The van der Waals surface area contributed by atoms with Crippen molar-refractivity contribution in [3.63, 3.8) is 0 Å². The van der Waals surface area contributed by atoms with Gasteiger partial charge in [0.15, 0.2) is 5.69 Å². The fourth-order valence-electron chi connectivity index (χ4n) is 1.51. The molecule has 2 aromatic rings. The molecular formula is C11H9NO3. The van der Waals surface area contributed by atoms with Gasteiger partial charge >= 0.3 is 5.97 Å². The number of aromatic hydroxyl groups is 1. The second kappa shape index (κ2) is 3.24. The lowest BCUT2D eigenvalue weighted by Crippen LogP contribution is -2.03. The number of pyridine rings is 1. The van der Waals surface area contributed by atoms with E-state index in [1.807, 2.05) is 0 Å². The molecule has 0 unspecified atom stereocenters. The first kappa shape index (κ1) is 9.45. The second-order valence-electron chi connectivity index (χ2n) is 3.31. The first-order valence-corrected chi connectivity index (χ1v) is 4.42. The molecule has 0 aliphatic heterocycles. The molecule has 1 aromatic heterocycles. The number of para-hydroxylation sites is 1. The van der Waals surface area contributed by atoms with Crippen LogP contribution in [0.2, 0.25) is 0 Å². The molecule has 0 atom stereocenters. The average Bonchev–Trinajstić information content (AvgIpc) is 2.16. The van der Waals surface area contributed by atoms with E-state index in [1.165, 1.54) is 6.07 Å². The average molecular weight is 203 g/mol. The highest BCUT2D eigenvalue weighted by molar-refractivity contribution is 5.93. The Kier molecular flexibility index (Phi) is 2.04. The monoisotopic (exact) mass is 203 g/mol. The zero-order chi connectivity index (χ0) is 11.0. The normalized spacial score (nSPS) is 10.5. The number of aromatic carboxylic acids is 1. The Bertz CT molecular complexity index is 549. The predicted molar refractivity (Wildman–Crippen MR) is 55.1 cm³/mol. The van der Waals surface area contributed by atoms with Crippen LogP contribution in [0.5, 0.6) is 5.75 Å². The molecule has 1 heterocycles. The van der Waals surface area contributed by atoms with Crippen LogP contribution < -0.4 is 0 Å². The predicted octanol–water partition coefficient (Wildman–Crippen LogP) is 1.95. The third-order valence-corrected chi connectivity index (χ3v) is 2.22. The van der Waals surface area contributed by atoms with Crippen LogP contribution in [0, 0.1) is 6.92 Å². The minimum Gasteiger partial charge on any atom is -0.506 e. The van der Waals surface area contributed by atoms with E-state index in [1.54, 1.807) is 25.1 Å². The summed E-state index contributed by atoms with van der Waals surface area (Å²) in [5, 5.41) is 19.1. The maximum Gasteiger partial charge on any atom is 0.354 e. The lowest BCUT2D eigenvalue weighted by atomic mass is 10.1. The number of phenols is 1. The van der Waals surface area contributed by atoms with E-state index >= 15 is 0 Å². The van der Waals surface area contributed by atoms with E-state index in [0.717, 1.165) is 5.39 Å². The molecule has 15 heavy (non-hydrogen) atoms. The first-order chi connectivity index (χ1) is 7.09. The summed E-state index contributed by atoms with van der Waals surface area (Å²) in [4.78, 5) is 14.8. The molecule has 1 aromatic carbocycles. The van der Waals surface area contributed by atoms with E-state index in [0.29, 0.717) is 11.1 Å². The summed E-state index contributed by atoms with van der Waals surface area (Å²) < 4.78 is 0. The Balaban J connectivity index is 2.83. The van der Waals surface area contributed by atoms with Crippen LogP contribution in [-0.2, 0) is 0 Å². The number of hydrogen-bond donors (Lipinski definition) is 2. The summed E-state index contributed by atoms with van der Waals surface area (Å²) >= 11 is 0. The molecule has 0 aliphatic rings. The Morgan fingerprint density at radius 2 is 2.13 bits per heavy atom. The molecule has 0 radical (unpaired) electrons. The van der Waals surface area contributed by atoms with Crippen LogP contribution in [0.1, 0.15) is 16.1 Å². The highest BCUT2D eigenvalue weighted by atomic mass is 16.4. The smallest absolute Gasteiger partial charge is 0.354 e. The topological polar surface area (TPSA) is 70.4 Å². The van der Waals surface area contributed by atoms with Gasteiger partial charge in [0.2, 0.25) is 0 Å². The van der Waals surface area contributed by atoms with Crippen molar-refractivity contribution in [2.24, 2.45) is 0 Å². The summed E-state index contributed by atoms with van der Waals surface area (Å²) in [6.07, 6.45) is 0. The Morgan fingerprint density at radius 1 is 1.40 bits per heavy atom. The molecule has 2 N–H and O–H groups in total. The molecule has 76 valence electrons. The van der Waals surface area contributed by atoms with Gasteiger partial charge in [-0.2, -0.15) is 0 Å². The molecule has 2 rings (SSSR count). The van der Waals surface area contributed by atoms with Gasteiger partial charge in [0.05, 0.1) is 0 Å². The summed E-state index contributed by atoms with van der Waals surface area (Å²) in [6.45, 7) is 1.68. The number of carboxylic acids is 1. The fourth-order valence-corrected chi connectivity index (χ4v) is 1.51. The van der Waals surface area contributed by atoms with Crippen LogP contribution >= 0.6 is 0 Å². The number of nitrogens with zero attached hydrogens (tertiary/aromatic N) is 1. The van der Waals surface area contributed by atoms with Crippen LogP contribution in [0.3, 0.4) is 0 Å². The summed E-state index contributed by atoms with van der Waals surface area (Å²) in [5.74, 6) is -1.09. The Labute approximate surface area is 85.8 Å². The van der Waals surface area contributed by atoms with Crippen molar-refractivity contribution in [2.45, 2.75) is 6.92 Å². The molecule has 0 aliphatic carbocycles. The first-order valence-electron chi connectivity index (χ1n) is 4.42. The number of phenolic OH excluding ortho intramolecular Hbond substituents is 1. The largest absolute Gasteiger partial charge is 0.506 e. The molecule has 0 fully saturated rings. The van der Waals surface area contributed by atoms with E-state index in [9.17, 15) is 9.90 Å². The van der Waals surface area contributed by atoms with Gasteiger partial charge in [-0.25, -0.2) is 9.78 Å². The van der Waals surface area contributed by atoms with E-state index < -0.39 is 5.97 Å². The van der Waals surface area contributed by atoms with Gasteiger partial charge in [-0.3, -0.25) is 0 Å². The number of hydrogen-bond acceptors (Lipinski definition) is 3. The zero-order valence-electron chi connectivity index (χ0n) is 8.06. The molecule has 4 heteroatoms. The SMILES string of the molecule is Cc1cc2cccc(O)c2nc1C(=O)O. The maximum atomic E-state index is 10.8. The van der Waals surface area contributed by atoms with E-state index in [-0.39, 0.29) is 11.4 Å². The van der Waals surface area contributed by atoms with Crippen molar-refractivity contribution in [2.75, 3.05) is 0 Å². The summed E-state index contributed by atoms with van der Waals surface area (Å²) in [5.41, 5.74) is 0.880. The van der Waals surface area contributed by atoms with E-state index in [4.69, 9.17) is 5.11 Å². The quantitative estimate of drug-likeness (QED) is 0.743. The van der Waals surface area contributed by atoms with Crippen LogP contribution in [0.15, 0.2) is 24.3 Å². The van der Waals surface area contributed by atoms with Crippen molar-refractivity contribution < 1.29 is 15.0 Å². The minimum absolute atomic E-state index is 0.00463. The fraction of sp³-hybridized carbons (Fsp3) is 0.0909. The van der Waals surface area contributed by atoms with Gasteiger partial charge in [-0.15, -0.1) is 0 Å². The van der Waals surface area contributed by atoms with Crippen LogP contribution in [-0.4, -0.2) is 21.2 Å². The van der Waals surface area contributed by atoms with Gasteiger partial charge < -0.3 is 10.2 Å². The van der Waals surface area contributed by atoms with Crippen LogP contribution in [0.25, 0.3) is 10.9 Å². The lowest BCUT2D eigenvalue weighted by Gasteiger charge is -2.04. The highest BCUT2D eigenvalue weighted by Gasteiger charge is 2.11. The molecule has 0 amide bonds. The van der Waals surface area contributed by atoms with Gasteiger partial charge in [-0.1, -0.05) is 12.1 Å². The van der Waals surface area contributed by atoms with Crippen molar-refractivity contribution in [3.8, 4) is 5.75 Å². The van der Waals surface area contributed by atoms with E-state index in [2.05, 4.69) is 4.98 Å². The number of carbonyl (C=O) groups is 1. The maximum absolute atomic E-state index is 10.8. The zero-order valence-corrected chi connectivity index (χ0v) is 8.06. The number of benzene rings is 1. The summed E-state index contributed by atoms with van der Waals surface area (Å²) in [6, 6.07) is 6.65. The van der Waals surface area contributed by atoms with Crippen LogP contribution in [0.4, 0.5) is 0 Å². The molecular weight excluding hydrogens is 194 g/mol. The molecule has 0 saturated carbocycles. The van der Waals surface area contributed by atoms with Gasteiger partial charge in [0.25, 0.3) is 0 Å². The number of aromatic nitrogens is 1. The molecule has 0 saturated heterocycles. The number of fused-ring (bicyclic) bond motifs is 1. The van der Waals surface area contributed by atoms with Gasteiger partial charge in [0, 0.05) is 5.39 Å². The van der Waals surface area contributed by atoms with Crippen molar-refractivity contribution >= 4 is 16.9 Å². The lowest BCUT2D eigenvalue weighted by molar-refractivity contribution is 0.0690. The standard InChI is InChI=1S/C11H9NO3/c1-6-5-7-3-2-4-8(13)10(7)12-9(6)11(14)15/h2-5,13H,1H3,(H,14,15). The molecule has 0 spiro atoms. The Morgan fingerprint density at radius 3 is 2.80 bits per heavy atom. The highest BCUT2D eigenvalue weighted by Crippen LogP contribution is 2.24.